The molecule has 1 atom stereocenters. The average molecular weight is 125 g/mol. The topological polar surface area (TPSA) is 0 Å². The lowest BCUT2D eigenvalue weighted by molar-refractivity contribution is 0.752. The minimum atomic E-state index is 0.756. The molecule has 53 valence electrons. The Morgan fingerprint density at radius 1 is 1.22 bits per heavy atom. The Morgan fingerprint density at radius 2 is 1.78 bits per heavy atom. The third kappa shape index (κ3) is 5.94. The van der Waals surface area contributed by atoms with E-state index in [-0.39, 0.29) is 0 Å². The molecule has 0 saturated carbocycles. The van der Waals surface area contributed by atoms with Crippen molar-refractivity contribution in [2.75, 3.05) is 0 Å². The summed E-state index contributed by atoms with van der Waals surface area (Å²) in [5.74, 6) is 1.57. The molecule has 0 aliphatic heterocycles. The van der Waals surface area contributed by atoms with Crippen molar-refractivity contribution in [3.8, 4) is 0 Å². The summed E-state index contributed by atoms with van der Waals surface area (Å²) in [7, 11) is 2.42. The molecule has 9 heavy (non-hydrogen) atoms. The van der Waals surface area contributed by atoms with Crippen LogP contribution in [0.2, 0.25) is 11.6 Å². The van der Waals surface area contributed by atoms with Gasteiger partial charge >= 0.3 is 0 Å². The van der Waals surface area contributed by atoms with Gasteiger partial charge in [-0.25, -0.2) is 0 Å². The molecule has 0 saturated heterocycles. The van der Waals surface area contributed by atoms with E-state index in [0.717, 1.165) is 11.6 Å². The summed E-state index contributed by atoms with van der Waals surface area (Å²) in [6.07, 6.45) is 2.66. The second-order valence-electron chi connectivity index (χ2n) is 3.20. The molecule has 0 rings (SSSR count). The first kappa shape index (κ1) is 9.06. The molecule has 1 heteroatoms. The number of hydrogen-bond acceptors (Lipinski definition) is 0. The number of hydrogen-bond donors (Lipinski definition) is 0. The molecule has 0 fully saturated rings. The molecule has 0 bridgehead atoms. The molecule has 0 aliphatic rings. The highest BCUT2D eigenvalue weighted by Gasteiger charge is 2.04. The summed E-state index contributed by atoms with van der Waals surface area (Å²) in [5.41, 5.74) is 0. The van der Waals surface area contributed by atoms with E-state index in [4.69, 9.17) is 0 Å². The fourth-order valence-electron chi connectivity index (χ4n) is 1.21. The zero-order valence-electron chi connectivity index (χ0n) is 7.15. The van der Waals surface area contributed by atoms with Crippen molar-refractivity contribution in [2.24, 2.45) is 0 Å². The summed E-state index contributed by atoms with van der Waals surface area (Å²) < 4.78 is 0. The van der Waals surface area contributed by atoms with Gasteiger partial charge in [-0.3, -0.25) is 0 Å². The molecular weight excluding hydrogens is 107 g/mol. The molecule has 0 aromatic rings. The minimum absolute atomic E-state index is 0.756. The van der Waals surface area contributed by atoms with E-state index in [9.17, 15) is 0 Å². The highest BCUT2D eigenvalue weighted by atomic mass is 13.9. The van der Waals surface area contributed by atoms with Crippen molar-refractivity contribution >= 4 is 7.28 Å². The summed E-state index contributed by atoms with van der Waals surface area (Å²) in [6, 6.07) is 0. The van der Waals surface area contributed by atoms with Gasteiger partial charge in [-0.2, -0.15) is 0 Å². The molecule has 0 nitrogen and oxygen atoms in total. The lowest BCUT2D eigenvalue weighted by Crippen LogP contribution is -2.02. The van der Waals surface area contributed by atoms with E-state index in [1.165, 1.54) is 12.8 Å². The van der Waals surface area contributed by atoms with Gasteiger partial charge in [0.2, 0.25) is 0 Å². The van der Waals surface area contributed by atoms with Crippen LogP contribution in [0.3, 0.4) is 0 Å². The van der Waals surface area contributed by atoms with Gasteiger partial charge in [-0.15, -0.1) is 0 Å². The Bertz CT molecular complexity index is 59.6. The van der Waals surface area contributed by atoms with Crippen LogP contribution in [0.25, 0.3) is 0 Å². The van der Waals surface area contributed by atoms with E-state index < -0.39 is 0 Å². The molecule has 0 spiro atoms. The number of rotatable bonds is 4. The smallest absolute Gasteiger partial charge is 0.0742 e. The third-order valence-corrected chi connectivity index (χ3v) is 1.46. The maximum atomic E-state index is 2.42. The molecule has 0 N–H and O–H groups in total. The largest absolute Gasteiger partial charge is 0.116 e. The fraction of sp³-hybridized carbons (Fsp3) is 1.00. The van der Waals surface area contributed by atoms with Crippen LogP contribution in [-0.4, -0.2) is 7.28 Å². The quantitative estimate of drug-likeness (QED) is 0.506. The van der Waals surface area contributed by atoms with E-state index in [1.54, 1.807) is 0 Å². The summed E-state index contributed by atoms with van der Waals surface area (Å²) in [5, 5.41) is 0. The highest BCUT2D eigenvalue weighted by Crippen LogP contribution is 2.15. The van der Waals surface area contributed by atoms with Gasteiger partial charge in [0.15, 0.2) is 0 Å². The SMILES string of the molecule is CCCC(C)[B]C(C)C. The van der Waals surface area contributed by atoms with Crippen molar-refractivity contribution in [1.82, 2.24) is 0 Å². The van der Waals surface area contributed by atoms with Gasteiger partial charge < -0.3 is 0 Å². The van der Waals surface area contributed by atoms with Crippen LogP contribution >= 0.6 is 0 Å². The zero-order chi connectivity index (χ0) is 7.28. The molecule has 1 unspecified atom stereocenters. The Balaban J connectivity index is 3.15. The van der Waals surface area contributed by atoms with E-state index in [0.29, 0.717) is 0 Å². The van der Waals surface area contributed by atoms with Crippen molar-refractivity contribution in [3.05, 3.63) is 0 Å². The lowest BCUT2D eigenvalue weighted by atomic mass is 9.56. The normalized spacial score (nSPS) is 13.9. The Labute approximate surface area is 60.3 Å². The average Bonchev–Trinajstić information content (AvgIpc) is 1.63. The second kappa shape index (κ2) is 4.90. The predicted octanol–water partition coefficient (Wildman–Crippen LogP) is 3.13. The third-order valence-electron chi connectivity index (χ3n) is 1.46. The van der Waals surface area contributed by atoms with Gasteiger partial charge in [-0.05, 0) is 0 Å². The van der Waals surface area contributed by atoms with Crippen LogP contribution in [-0.2, 0) is 0 Å². The maximum absolute atomic E-state index is 2.42. The van der Waals surface area contributed by atoms with Gasteiger partial charge in [-0.1, -0.05) is 52.2 Å². The maximum Gasteiger partial charge on any atom is 0.116 e. The standard InChI is InChI=1S/C8H18B/c1-5-6-8(4)9-7(2)3/h7-8H,5-6H2,1-4H3. The monoisotopic (exact) mass is 125 g/mol. The van der Waals surface area contributed by atoms with Crippen molar-refractivity contribution < 1.29 is 0 Å². The summed E-state index contributed by atoms with van der Waals surface area (Å²) in [4.78, 5) is 0. The van der Waals surface area contributed by atoms with Crippen LogP contribution in [0.1, 0.15) is 40.5 Å². The van der Waals surface area contributed by atoms with Crippen LogP contribution in [0.5, 0.6) is 0 Å². The van der Waals surface area contributed by atoms with Crippen LogP contribution in [0.15, 0.2) is 0 Å². The van der Waals surface area contributed by atoms with Gasteiger partial charge in [0.25, 0.3) is 0 Å². The molecule has 0 heterocycles. The molecule has 0 amide bonds. The first-order chi connectivity index (χ1) is 4.16. The molecule has 1 radical (unpaired) electrons. The van der Waals surface area contributed by atoms with E-state index >= 15 is 0 Å². The summed E-state index contributed by atoms with van der Waals surface area (Å²) in [6.45, 7) is 9.02. The first-order valence-corrected chi connectivity index (χ1v) is 4.01. The van der Waals surface area contributed by atoms with Crippen LogP contribution in [0, 0.1) is 0 Å². The molecule has 0 aliphatic carbocycles. The van der Waals surface area contributed by atoms with E-state index in [2.05, 4.69) is 35.0 Å². The van der Waals surface area contributed by atoms with E-state index in [1.807, 2.05) is 0 Å². The van der Waals surface area contributed by atoms with Crippen molar-refractivity contribution in [1.29, 1.82) is 0 Å². The van der Waals surface area contributed by atoms with Crippen molar-refractivity contribution in [3.63, 3.8) is 0 Å². The molecule has 0 aromatic carbocycles. The Kier molecular flexibility index (Phi) is 4.93. The second-order valence-corrected chi connectivity index (χ2v) is 3.20. The molecular formula is C8H18B. The Hall–Kier alpha value is 0.0649. The Morgan fingerprint density at radius 3 is 2.11 bits per heavy atom. The van der Waals surface area contributed by atoms with Crippen LogP contribution < -0.4 is 0 Å². The molecule has 0 aromatic heterocycles. The minimum Gasteiger partial charge on any atom is -0.0742 e. The van der Waals surface area contributed by atoms with Crippen LogP contribution in [0.4, 0.5) is 0 Å². The summed E-state index contributed by atoms with van der Waals surface area (Å²) >= 11 is 0. The lowest BCUT2D eigenvalue weighted by Gasteiger charge is -2.09. The zero-order valence-corrected chi connectivity index (χ0v) is 7.15. The first-order valence-electron chi connectivity index (χ1n) is 4.01. The van der Waals surface area contributed by atoms with Gasteiger partial charge in [0.05, 0.1) is 0 Å². The highest BCUT2D eigenvalue weighted by molar-refractivity contribution is 6.39. The predicted molar refractivity (Wildman–Crippen MR) is 45.2 cm³/mol. The van der Waals surface area contributed by atoms with Crippen molar-refractivity contribution in [2.45, 2.75) is 52.2 Å². The van der Waals surface area contributed by atoms with Gasteiger partial charge in [0.1, 0.15) is 7.28 Å². The van der Waals surface area contributed by atoms with Gasteiger partial charge in [0, 0.05) is 0 Å². The fourth-order valence-corrected chi connectivity index (χ4v) is 1.21.